The Bertz CT molecular complexity index is 770. The molecule has 0 saturated heterocycles. The third kappa shape index (κ3) is 3.09. The summed E-state index contributed by atoms with van der Waals surface area (Å²) >= 11 is 1.45. The molecule has 0 spiro atoms. The van der Waals surface area contributed by atoms with Gasteiger partial charge in [0, 0.05) is 5.38 Å². The topological polar surface area (TPSA) is 52.3 Å². The van der Waals surface area contributed by atoms with Crippen LogP contribution in [0.4, 0.5) is 0 Å². The Morgan fingerprint density at radius 1 is 1.23 bits per heavy atom. The lowest BCUT2D eigenvalue weighted by atomic mass is 10.1. The number of esters is 1. The maximum atomic E-state index is 12.1. The van der Waals surface area contributed by atoms with Crippen LogP contribution in [0.15, 0.2) is 46.4 Å². The van der Waals surface area contributed by atoms with Crippen molar-refractivity contribution in [2.75, 3.05) is 0 Å². The van der Waals surface area contributed by atoms with Crippen LogP contribution in [0.2, 0.25) is 0 Å². The second-order valence-corrected chi connectivity index (χ2v) is 5.85. The molecule has 2 heterocycles. The van der Waals surface area contributed by atoms with Gasteiger partial charge in [-0.1, -0.05) is 18.2 Å². The van der Waals surface area contributed by atoms with E-state index in [4.69, 9.17) is 9.15 Å². The molecule has 4 nitrogen and oxygen atoms in total. The van der Waals surface area contributed by atoms with Crippen LogP contribution < -0.4 is 4.74 Å². The third-order valence-corrected chi connectivity index (χ3v) is 4.14. The zero-order valence-corrected chi connectivity index (χ0v) is 13.1. The Labute approximate surface area is 132 Å². The maximum Gasteiger partial charge on any atom is 0.317 e. The highest BCUT2D eigenvalue weighted by Crippen LogP contribution is 2.25. The highest BCUT2D eigenvalue weighted by Gasteiger charge is 2.14. The molecule has 0 aliphatic heterocycles. The van der Waals surface area contributed by atoms with Gasteiger partial charge in [-0.15, -0.1) is 11.3 Å². The van der Waals surface area contributed by atoms with E-state index in [-0.39, 0.29) is 12.4 Å². The van der Waals surface area contributed by atoms with Crippen molar-refractivity contribution in [2.24, 2.45) is 0 Å². The smallest absolute Gasteiger partial charge is 0.317 e. The number of hydrogen-bond acceptors (Lipinski definition) is 5. The average molecular weight is 313 g/mol. The van der Waals surface area contributed by atoms with Crippen LogP contribution in [0.1, 0.15) is 16.8 Å². The van der Waals surface area contributed by atoms with Gasteiger partial charge in [-0.25, -0.2) is 4.98 Å². The molecule has 22 heavy (non-hydrogen) atoms. The lowest BCUT2D eigenvalue weighted by molar-refractivity contribution is -0.133. The summed E-state index contributed by atoms with van der Waals surface area (Å²) in [5.74, 6) is 1.03. The monoisotopic (exact) mass is 313 g/mol. The molecule has 0 bridgehead atoms. The highest BCUT2D eigenvalue weighted by atomic mass is 32.1. The van der Waals surface area contributed by atoms with Crippen LogP contribution in [0.25, 0.3) is 10.8 Å². The molecule has 0 saturated carbocycles. The summed E-state index contributed by atoms with van der Waals surface area (Å²) in [4.78, 5) is 16.5. The summed E-state index contributed by atoms with van der Waals surface area (Å²) < 4.78 is 10.8. The number of thiazole rings is 1. The van der Waals surface area contributed by atoms with Gasteiger partial charge >= 0.3 is 5.97 Å². The highest BCUT2D eigenvalue weighted by molar-refractivity contribution is 7.13. The first-order chi connectivity index (χ1) is 10.6. The van der Waals surface area contributed by atoms with E-state index < -0.39 is 0 Å². The van der Waals surface area contributed by atoms with Crippen LogP contribution in [-0.4, -0.2) is 11.0 Å². The minimum atomic E-state index is -0.311. The summed E-state index contributed by atoms with van der Waals surface area (Å²) in [6.45, 7) is 3.85. The molecule has 5 heteroatoms. The van der Waals surface area contributed by atoms with E-state index in [9.17, 15) is 4.79 Å². The standard InChI is InChI=1S/C17H15NO3S/c1-11-5-3-6-12(2)16(11)21-15(19)9-13-10-22-17(18-13)14-7-4-8-20-14/h3-8,10H,9H2,1-2H3. The summed E-state index contributed by atoms with van der Waals surface area (Å²) in [6.07, 6.45) is 1.75. The molecule has 2 aromatic heterocycles. The van der Waals surface area contributed by atoms with Crippen LogP contribution >= 0.6 is 11.3 Å². The molecule has 3 aromatic rings. The predicted molar refractivity (Wildman–Crippen MR) is 85.1 cm³/mol. The molecule has 3 rings (SSSR count). The van der Waals surface area contributed by atoms with Gasteiger partial charge in [0.1, 0.15) is 5.75 Å². The second kappa shape index (κ2) is 6.15. The van der Waals surface area contributed by atoms with E-state index in [0.717, 1.165) is 16.1 Å². The molecule has 0 atom stereocenters. The van der Waals surface area contributed by atoms with Crippen LogP contribution in [0.5, 0.6) is 5.75 Å². The maximum absolute atomic E-state index is 12.1. The number of rotatable bonds is 4. The fourth-order valence-electron chi connectivity index (χ4n) is 2.16. The van der Waals surface area contributed by atoms with Crippen molar-refractivity contribution in [3.8, 4) is 16.5 Å². The number of aromatic nitrogens is 1. The third-order valence-electron chi connectivity index (χ3n) is 3.23. The fraction of sp³-hybridized carbons (Fsp3) is 0.176. The average Bonchev–Trinajstić information content (AvgIpc) is 3.13. The number of carbonyl (C=O) groups excluding carboxylic acids is 1. The van der Waals surface area contributed by atoms with E-state index >= 15 is 0 Å². The van der Waals surface area contributed by atoms with E-state index in [2.05, 4.69) is 4.98 Å². The van der Waals surface area contributed by atoms with Gasteiger partial charge in [-0.3, -0.25) is 4.79 Å². The minimum absolute atomic E-state index is 0.144. The van der Waals surface area contributed by atoms with Gasteiger partial charge in [-0.05, 0) is 37.1 Å². The second-order valence-electron chi connectivity index (χ2n) is 4.99. The summed E-state index contributed by atoms with van der Waals surface area (Å²) in [7, 11) is 0. The summed E-state index contributed by atoms with van der Waals surface area (Å²) in [5.41, 5.74) is 2.58. The number of ether oxygens (including phenoxy) is 1. The van der Waals surface area contributed by atoms with Gasteiger partial charge in [0.05, 0.1) is 18.4 Å². The van der Waals surface area contributed by atoms with Gasteiger partial charge in [0.15, 0.2) is 10.8 Å². The van der Waals surface area contributed by atoms with Gasteiger partial charge in [-0.2, -0.15) is 0 Å². The summed E-state index contributed by atoms with van der Waals surface area (Å²) in [5, 5.41) is 2.61. The molecule has 0 N–H and O–H groups in total. The lowest BCUT2D eigenvalue weighted by Gasteiger charge is -2.09. The van der Waals surface area contributed by atoms with Crippen molar-refractivity contribution in [2.45, 2.75) is 20.3 Å². The molecule has 0 fully saturated rings. The number of aryl methyl sites for hydroxylation is 2. The van der Waals surface area contributed by atoms with Crippen molar-refractivity contribution in [1.29, 1.82) is 0 Å². The first kappa shape index (κ1) is 14.5. The van der Waals surface area contributed by atoms with Crippen molar-refractivity contribution in [3.63, 3.8) is 0 Å². The number of furan rings is 1. The largest absolute Gasteiger partial charge is 0.462 e. The molecule has 0 aliphatic rings. The Kier molecular flexibility index (Phi) is 4.06. The normalized spacial score (nSPS) is 10.6. The lowest BCUT2D eigenvalue weighted by Crippen LogP contribution is -2.13. The van der Waals surface area contributed by atoms with E-state index in [1.807, 2.05) is 49.6 Å². The Morgan fingerprint density at radius 3 is 2.68 bits per heavy atom. The van der Waals surface area contributed by atoms with Crippen molar-refractivity contribution < 1.29 is 13.9 Å². The molecule has 112 valence electrons. The predicted octanol–water partition coefficient (Wildman–Crippen LogP) is 4.17. The molecule has 0 radical (unpaired) electrons. The Morgan fingerprint density at radius 2 is 2.00 bits per heavy atom. The van der Waals surface area contributed by atoms with Gasteiger partial charge < -0.3 is 9.15 Å². The quantitative estimate of drug-likeness (QED) is 0.536. The zero-order valence-electron chi connectivity index (χ0n) is 12.3. The van der Waals surface area contributed by atoms with Gasteiger partial charge in [0.2, 0.25) is 0 Å². The SMILES string of the molecule is Cc1cccc(C)c1OC(=O)Cc1csc(-c2ccco2)n1. The van der Waals surface area contributed by atoms with Crippen LogP contribution in [0, 0.1) is 13.8 Å². The summed E-state index contributed by atoms with van der Waals surface area (Å²) in [6, 6.07) is 9.45. The van der Waals surface area contributed by atoms with E-state index in [1.54, 1.807) is 6.26 Å². The molecule has 0 aliphatic carbocycles. The van der Waals surface area contributed by atoms with Gasteiger partial charge in [0.25, 0.3) is 0 Å². The minimum Gasteiger partial charge on any atom is -0.462 e. The number of nitrogens with zero attached hydrogens (tertiary/aromatic N) is 1. The van der Waals surface area contributed by atoms with Crippen molar-refractivity contribution in [1.82, 2.24) is 4.98 Å². The number of hydrogen-bond donors (Lipinski definition) is 0. The molecule has 0 unspecified atom stereocenters. The van der Waals surface area contributed by atoms with E-state index in [0.29, 0.717) is 17.2 Å². The van der Waals surface area contributed by atoms with E-state index in [1.165, 1.54) is 11.3 Å². The molecular formula is C17H15NO3S. The Balaban J connectivity index is 1.70. The van der Waals surface area contributed by atoms with Crippen molar-refractivity contribution in [3.05, 3.63) is 58.8 Å². The fourth-order valence-corrected chi connectivity index (χ4v) is 2.95. The Hall–Kier alpha value is -2.40. The number of para-hydroxylation sites is 1. The molecule has 0 amide bonds. The van der Waals surface area contributed by atoms with Crippen LogP contribution in [0.3, 0.4) is 0 Å². The molecule has 1 aromatic carbocycles. The molecular weight excluding hydrogens is 298 g/mol. The van der Waals surface area contributed by atoms with Crippen molar-refractivity contribution >= 4 is 17.3 Å². The number of benzene rings is 1. The first-order valence-electron chi connectivity index (χ1n) is 6.88. The number of carbonyl (C=O) groups is 1. The first-order valence-corrected chi connectivity index (χ1v) is 7.76. The zero-order chi connectivity index (χ0) is 15.5. The van der Waals surface area contributed by atoms with Crippen LogP contribution in [-0.2, 0) is 11.2 Å².